The van der Waals surface area contributed by atoms with Gasteiger partial charge in [0.25, 0.3) is 0 Å². The molecule has 4 nitrogen and oxygen atoms in total. The molecule has 0 aliphatic heterocycles. The van der Waals surface area contributed by atoms with Crippen molar-refractivity contribution in [1.82, 2.24) is 5.32 Å². The van der Waals surface area contributed by atoms with Gasteiger partial charge < -0.3 is 10.4 Å². The Kier molecular flexibility index (Phi) is 6.02. The van der Waals surface area contributed by atoms with Crippen molar-refractivity contribution < 1.29 is 23.5 Å². The van der Waals surface area contributed by atoms with Crippen LogP contribution in [0.2, 0.25) is 0 Å². The van der Waals surface area contributed by atoms with Crippen molar-refractivity contribution in [2.75, 3.05) is 0 Å². The van der Waals surface area contributed by atoms with Gasteiger partial charge in [-0.3, -0.25) is 9.59 Å². The number of hydrogen-bond donors (Lipinski definition) is 2. The Morgan fingerprint density at radius 2 is 1.28 bits per heavy atom. The number of nitrogens with one attached hydrogen (secondary N) is 1. The first-order valence-electron chi connectivity index (χ1n) is 8.98. The average molecular weight is 395 g/mol. The summed E-state index contributed by atoms with van der Waals surface area (Å²) in [7, 11) is 0. The highest BCUT2D eigenvalue weighted by Gasteiger charge is 2.38. The predicted molar refractivity (Wildman–Crippen MR) is 104 cm³/mol. The summed E-state index contributed by atoms with van der Waals surface area (Å²) in [6.07, 6.45) is -0.463. The van der Waals surface area contributed by atoms with Crippen molar-refractivity contribution in [3.63, 3.8) is 0 Å². The van der Waals surface area contributed by atoms with Gasteiger partial charge in [0.2, 0.25) is 5.91 Å². The second kappa shape index (κ2) is 8.65. The van der Waals surface area contributed by atoms with Gasteiger partial charge in [-0.05, 0) is 41.0 Å². The highest BCUT2D eigenvalue weighted by molar-refractivity contribution is 5.82. The zero-order valence-corrected chi connectivity index (χ0v) is 15.4. The minimum Gasteiger partial charge on any atom is -0.481 e. The van der Waals surface area contributed by atoms with Gasteiger partial charge in [0.05, 0.1) is 12.8 Å². The van der Waals surface area contributed by atoms with Gasteiger partial charge in [0.1, 0.15) is 17.2 Å². The molecule has 0 unspecified atom stereocenters. The fourth-order valence-electron chi connectivity index (χ4n) is 3.32. The molecule has 0 heterocycles. The van der Waals surface area contributed by atoms with Crippen molar-refractivity contribution in [1.29, 1.82) is 0 Å². The summed E-state index contributed by atoms with van der Waals surface area (Å²) in [5.74, 6) is -2.56. The Bertz CT molecular complexity index is 941. The van der Waals surface area contributed by atoms with Crippen LogP contribution >= 0.6 is 0 Å². The van der Waals surface area contributed by atoms with Crippen molar-refractivity contribution >= 4 is 11.9 Å². The molecule has 29 heavy (non-hydrogen) atoms. The Hall–Kier alpha value is -3.54. The number of aliphatic carboxylic acids is 1. The van der Waals surface area contributed by atoms with Crippen LogP contribution in [0, 0.1) is 11.6 Å². The molecule has 0 aromatic heterocycles. The minimum absolute atomic E-state index is 0.0323. The normalized spacial score (nSPS) is 11.1. The van der Waals surface area contributed by atoms with Gasteiger partial charge in [-0.15, -0.1) is 0 Å². The predicted octanol–water partition coefficient (Wildman–Crippen LogP) is 4.04. The maximum absolute atomic E-state index is 13.5. The molecule has 0 aliphatic carbocycles. The van der Waals surface area contributed by atoms with E-state index in [-0.39, 0.29) is 6.42 Å². The number of rotatable bonds is 7. The first-order valence-corrected chi connectivity index (χ1v) is 8.98. The van der Waals surface area contributed by atoms with E-state index in [0.717, 1.165) is 5.56 Å². The fourth-order valence-corrected chi connectivity index (χ4v) is 3.32. The van der Waals surface area contributed by atoms with E-state index in [0.29, 0.717) is 11.1 Å². The lowest BCUT2D eigenvalue weighted by molar-refractivity contribution is -0.138. The van der Waals surface area contributed by atoms with E-state index in [4.69, 9.17) is 0 Å². The monoisotopic (exact) mass is 395 g/mol. The summed E-state index contributed by atoms with van der Waals surface area (Å²) >= 11 is 0. The number of carbonyl (C=O) groups is 2. The third-order valence-electron chi connectivity index (χ3n) is 4.65. The molecule has 148 valence electrons. The molecule has 0 saturated carbocycles. The summed E-state index contributed by atoms with van der Waals surface area (Å²) in [5, 5.41) is 12.4. The lowest BCUT2D eigenvalue weighted by Gasteiger charge is -2.35. The molecular formula is C23H19F2NO3. The van der Waals surface area contributed by atoms with E-state index in [1.165, 1.54) is 48.5 Å². The Morgan fingerprint density at radius 3 is 1.72 bits per heavy atom. The molecule has 3 rings (SSSR count). The number of hydrogen-bond acceptors (Lipinski definition) is 2. The number of amides is 1. The van der Waals surface area contributed by atoms with Crippen molar-refractivity contribution in [2.24, 2.45) is 0 Å². The van der Waals surface area contributed by atoms with Crippen LogP contribution < -0.4 is 5.32 Å². The molecule has 0 spiro atoms. The van der Waals surface area contributed by atoms with E-state index in [2.05, 4.69) is 5.32 Å². The van der Waals surface area contributed by atoms with Crippen LogP contribution in [-0.4, -0.2) is 17.0 Å². The molecule has 6 heteroatoms. The van der Waals surface area contributed by atoms with Gasteiger partial charge in [0.15, 0.2) is 0 Å². The SMILES string of the molecule is O=C(O)CC(NC(=O)Cc1ccccc1)(c1ccc(F)cc1)c1ccc(F)cc1. The van der Waals surface area contributed by atoms with Crippen LogP contribution in [0.4, 0.5) is 8.78 Å². The molecule has 0 saturated heterocycles. The first kappa shape index (κ1) is 20.2. The largest absolute Gasteiger partial charge is 0.481 e. The summed E-state index contributed by atoms with van der Waals surface area (Å²) in [6.45, 7) is 0. The van der Waals surface area contributed by atoms with Crippen LogP contribution in [0.25, 0.3) is 0 Å². The standard InChI is InChI=1S/C23H19F2NO3/c24-19-10-6-17(7-11-19)23(15-22(28)29,18-8-12-20(25)13-9-18)26-21(27)14-16-4-2-1-3-5-16/h1-13H,14-15H2,(H,26,27)(H,28,29). The Balaban J connectivity index is 2.07. The Morgan fingerprint density at radius 1 is 0.793 bits per heavy atom. The molecule has 0 fully saturated rings. The second-order valence-corrected chi connectivity index (χ2v) is 6.70. The summed E-state index contributed by atoms with van der Waals surface area (Å²) < 4.78 is 27.0. The molecule has 0 aliphatic rings. The molecule has 0 bridgehead atoms. The summed E-state index contributed by atoms with van der Waals surface area (Å²) in [4.78, 5) is 24.6. The zero-order chi connectivity index (χ0) is 20.9. The van der Waals surface area contributed by atoms with Crippen LogP contribution in [0.3, 0.4) is 0 Å². The van der Waals surface area contributed by atoms with E-state index in [9.17, 15) is 23.5 Å². The number of carboxylic acids is 1. The molecule has 0 atom stereocenters. The van der Waals surface area contributed by atoms with E-state index < -0.39 is 35.5 Å². The molecule has 3 aromatic carbocycles. The van der Waals surface area contributed by atoms with Crippen LogP contribution in [-0.2, 0) is 21.5 Å². The van der Waals surface area contributed by atoms with Gasteiger partial charge in [-0.1, -0.05) is 54.6 Å². The smallest absolute Gasteiger partial charge is 0.306 e. The number of carboxylic acid groups (broad SMARTS) is 1. The van der Waals surface area contributed by atoms with Gasteiger partial charge >= 0.3 is 5.97 Å². The number of halogens is 2. The lowest BCUT2D eigenvalue weighted by atomic mass is 9.79. The summed E-state index contributed by atoms with van der Waals surface area (Å²) in [6, 6.07) is 19.5. The summed E-state index contributed by atoms with van der Waals surface area (Å²) in [5.41, 5.74) is 0.0371. The van der Waals surface area contributed by atoms with Gasteiger partial charge in [-0.2, -0.15) is 0 Å². The third-order valence-corrected chi connectivity index (χ3v) is 4.65. The third kappa shape index (κ3) is 4.85. The molecule has 3 aromatic rings. The van der Waals surface area contributed by atoms with Gasteiger partial charge in [-0.25, -0.2) is 8.78 Å². The average Bonchev–Trinajstić information content (AvgIpc) is 2.69. The lowest BCUT2D eigenvalue weighted by Crippen LogP contribution is -2.49. The fraction of sp³-hybridized carbons (Fsp3) is 0.130. The van der Waals surface area contributed by atoms with Gasteiger partial charge in [0, 0.05) is 0 Å². The second-order valence-electron chi connectivity index (χ2n) is 6.70. The molecule has 0 radical (unpaired) electrons. The van der Waals surface area contributed by atoms with E-state index in [1.807, 2.05) is 6.07 Å². The van der Waals surface area contributed by atoms with E-state index >= 15 is 0 Å². The minimum atomic E-state index is -1.49. The molecular weight excluding hydrogens is 376 g/mol. The van der Waals surface area contributed by atoms with Crippen molar-refractivity contribution in [2.45, 2.75) is 18.4 Å². The topological polar surface area (TPSA) is 66.4 Å². The van der Waals surface area contributed by atoms with E-state index in [1.54, 1.807) is 24.3 Å². The maximum atomic E-state index is 13.5. The van der Waals surface area contributed by atoms with Crippen molar-refractivity contribution in [3.8, 4) is 0 Å². The maximum Gasteiger partial charge on any atom is 0.306 e. The highest BCUT2D eigenvalue weighted by atomic mass is 19.1. The highest BCUT2D eigenvalue weighted by Crippen LogP contribution is 2.34. The Labute approximate surface area is 166 Å². The van der Waals surface area contributed by atoms with Crippen LogP contribution in [0.1, 0.15) is 23.1 Å². The number of benzene rings is 3. The molecule has 1 amide bonds. The van der Waals surface area contributed by atoms with Crippen LogP contribution in [0.5, 0.6) is 0 Å². The number of carbonyl (C=O) groups excluding carboxylic acids is 1. The van der Waals surface area contributed by atoms with Crippen molar-refractivity contribution in [3.05, 3.63) is 107 Å². The molecule has 2 N–H and O–H groups in total. The quantitative estimate of drug-likeness (QED) is 0.635. The van der Waals surface area contributed by atoms with Crippen LogP contribution in [0.15, 0.2) is 78.9 Å². The zero-order valence-electron chi connectivity index (χ0n) is 15.4. The first-order chi connectivity index (χ1) is 13.9.